The van der Waals surface area contributed by atoms with Gasteiger partial charge in [-0.1, -0.05) is 0 Å². The van der Waals surface area contributed by atoms with Crippen LogP contribution in [0.2, 0.25) is 0 Å². The number of primary amides is 1. The Morgan fingerprint density at radius 2 is 1.64 bits per heavy atom. The van der Waals surface area contributed by atoms with Crippen LogP contribution in [0.1, 0.15) is 34.1 Å². The zero-order valence-electron chi connectivity index (χ0n) is 9.09. The van der Waals surface area contributed by atoms with Crippen molar-refractivity contribution in [1.29, 1.82) is 0 Å². The van der Waals surface area contributed by atoms with Gasteiger partial charge >= 0.3 is 5.97 Å². The summed E-state index contributed by atoms with van der Waals surface area (Å²) in [6, 6.07) is 0. The highest BCUT2D eigenvalue weighted by atomic mass is 16.6. The molecule has 0 fully saturated rings. The van der Waals surface area contributed by atoms with Crippen molar-refractivity contribution >= 4 is 11.9 Å². The van der Waals surface area contributed by atoms with Crippen LogP contribution in [0.5, 0.6) is 0 Å². The monoisotopic (exact) mass is 202 g/mol. The third-order valence-corrected chi connectivity index (χ3v) is 1.41. The molecule has 0 aliphatic carbocycles. The van der Waals surface area contributed by atoms with E-state index in [0.29, 0.717) is 0 Å². The van der Waals surface area contributed by atoms with Gasteiger partial charge < -0.3 is 16.2 Å². The maximum absolute atomic E-state index is 11.5. The van der Waals surface area contributed by atoms with Crippen molar-refractivity contribution in [3.63, 3.8) is 0 Å². The molecular weight excluding hydrogens is 184 g/mol. The maximum Gasteiger partial charge on any atom is 0.326 e. The van der Waals surface area contributed by atoms with Crippen molar-refractivity contribution in [2.75, 3.05) is 0 Å². The lowest BCUT2D eigenvalue weighted by Crippen LogP contribution is -2.50. The third-order valence-electron chi connectivity index (χ3n) is 1.41. The minimum atomic E-state index is -1.35. The lowest BCUT2D eigenvalue weighted by Gasteiger charge is -2.27. The molecule has 4 N–H and O–H groups in total. The van der Waals surface area contributed by atoms with Crippen molar-refractivity contribution in [1.82, 2.24) is 0 Å². The van der Waals surface area contributed by atoms with Crippen molar-refractivity contribution in [3.8, 4) is 0 Å². The van der Waals surface area contributed by atoms with Gasteiger partial charge in [0.15, 0.2) is 0 Å². The Hall–Kier alpha value is -1.10. The molecule has 0 unspecified atom stereocenters. The summed E-state index contributed by atoms with van der Waals surface area (Å²) in [5, 5.41) is 0. The summed E-state index contributed by atoms with van der Waals surface area (Å²) in [6.45, 7) is 6.60. The van der Waals surface area contributed by atoms with Crippen LogP contribution in [0.15, 0.2) is 0 Å². The van der Waals surface area contributed by atoms with Gasteiger partial charge in [0, 0.05) is 0 Å². The van der Waals surface area contributed by atoms with Crippen LogP contribution in [0.25, 0.3) is 0 Å². The largest absolute Gasteiger partial charge is 0.459 e. The van der Waals surface area contributed by atoms with Gasteiger partial charge in [-0.25, -0.2) is 0 Å². The third kappa shape index (κ3) is 4.81. The van der Waals surface area contributed by atoms with Crippen molar-refractivity contribution in [2.24, 2.45) is 11.5 Å². The minimum absolute atomic E-state index is 0.220. The first-order valence-electron chi connectivity index (χ1n) is 4.35. The summed E-state index contributed by atoms with van der Waals surface area (Å²) in [5.41, 5.74) is 8.58. The SMILES string of the molecule is CC(C)(C)OC(=O)[C@](C)(N)CC(N)=O. The van der Waals surface area contributed by atoms with Crippen LogP contribution in [0.3, 0.4) is 0 Å². The highest BCUT2D eigenvalue weighted by Gasteiger charge is 2.34. The Labute approximate surface area is 83.8 Å². The molecule has 0 saturated heterocycles. The molecule has 14 heavy (non-hydrogen) atoms. The molecule has 5 heteroatoms. The highest BCUT2D eigenvalue weighted by Crippen LogP contribution is 2.14. The van der Waals surface area contributed by atoms with Crippen LogP contribution in [-0.4, -0.2) is 23.0 Å². The lowest BCUT2D eigenvalue weighted by atomic mass is 9.99. The first-order chi connectivity index (χ1) is 6.04. The Kier molecular flexibility index (Phi) is 3.65. The number of esters is 1. The number of ether oxygens (including phenoxy) is 1. The molecule has 5 nitrogen and oxygen atoms in total. The summed E-state index contributed by atoms with van der Waals surface area (Å²) < 4.78 is 5.03. The fraction of sp³-hybridized carbons (Fsp3) is 0.778. The van der Waals surface area contributed by atoms with Crippen LogP contribution in [0, 0.1) is 0 Å². The van der Waals surface area contributed by atoms with Gasteiger partial charge in [0.2, 0.25) is 5.91 Å². The van der Waals surface area contributed by atoms with Gasteiger partial charge in [-0.15, -0.1) is 0 Å². The predicted molar refractivity (Wildman–Crippen MR) is 52.2 cm³/mol. The van der Waals surface area contributed by atoms with Crippen LogP contribution >= 0.6 is 0 Å². The molecule has 0 aromatic rings. The zero-order valence-corrected chi connectivity index (χ0v) is 9.09. The van der Waals surface area contributed by atoms with Gasteiger partial charge in [-0.3, -0.25) is 9.59 Å². The molecule has 1 amide bonds. The molecule has 82 valence electrons. The molecule has 0 rings (SSSR count). The number of nitrogens with two attached hydrogens (primary N) is 2. The summed E-state index contributed by atoms with van der Waals surface area (Å²) in [4.78, 5) is 22.1. The molecule has 0 bridgehead atoms. The molecule has 0 heterocycles. The fourth-order valence-electron chi connectivity index (χ4n) is 0.829. The summed E-state index contributed by atoms with van der Waals surface area (Å²) >= 11 is 0. The Bertz CT molecular complexity index is 241. The molecule has 0 radical (unpaired) electrons. The van der Waals surface area contributed by atoms with E-state index in [4.69, 9.17) is 16.2 Å². The zero-order chi connectivity index (χ0) is 11.6. The number of rotatable bonds is 3. The summed E-state index contributed by atoms with van der Waals surface area (Å²) in [6.07, 6.45) is -0.220. The quantitative estimate of drug-likeness (QED) is 0.626. The van der Waals surface area contributed by atoms with Crippen molar-refractivity contribution in [3.05, 3.63) is 0 Å². The lowest BCUT2D eigenvalue weighted by molar-refractivity contribution is -0.162. The van der Waals surface area contributed by atoms with Gasteiger partial charge in [0.05, 0.1) is 6.42 Å². The van der Waals surface area contributed by atoms with Crippen LogP contribution in [0.4, 0.5) is 0 Å². The van der Waals surface area contributed by atoms with E-state index in [1.54, 1.807) is 20.8 Å². The first-order valence-corrected chi connectivity index (χ1v) is 4.35. The van der Waals surface area contributed by atoms with E-state index in [1.165, 1.54) is 6.92 Å². The number of carbonyl (C=O) groups excluding carboxylic acids is 2. The van der Waals surface area contributed by atoms with Crippen molar-refractivity contribution in [2.45, 2.75) is 45.3 Å². The normalized spacial score (nSPS) is 15.8. The minimum Gasteiger partial charge on any atom is -0.459 e. The summed E-state index contributed by atoms with van der Waals surface area (Å²) in [7, 11) is 0. The van der Waals surface area contributed by atoms with Gasteiger partial charge in [0.25, 0.3) is 0 Å². The molecule has 0 saturated carbocycles. The summed E-state index contributed by atoms with van der Waals surface area (Å²) in [5.74, 6) is -1.25. The van der Waals surface area contributed by atoms with E-state index < -0.39 is 23.0 Å². The molecule has 0 aliphatic heterocycles. The molecule has 0 aliphatic rings. The standard InChI is InChI=1S/C9H18N2O3/c1-8(2,3)14-7(13)9(4,11)5-6(10)12/h5,11H2,1-4H3,(H2,10,12)/t9-/m1/s1. The molecule has 0 aromatic carbocycles. The van der Waals surface area contributed by atoms with Gasteiger partial charge in [-0.2, -0.15) is 0 Å². The second kappa shape index (κ2) is 3.96. The average Bonchev–Trinajstić information content (AvgIpc) is 1.79. The number of hydrogen-bond acceptors (Lipinski definition) is 4. The Morgan fingerprint density at radius 1 is 1.21 bits per heavy atom. The van der Waals surface area contributed by atoms with Crippen LogP contribution < -0.4 is 11.5 Å². The van der Waals surface area contributed by atoms with E-state index >= 15 is 0 Å². The maximum atomic E-state index is 11.5. The number of carbonyl (C=O) groups is 2. The van der Waals surface area contributed by atoms with E-state index in [1.807, 2.05) is 0 Å². The predicted octanol–water partition coefficient (Wildman–Crippen LogP) is -0.0791. The molecule has 0 spiro atoms. The Morgan fingerprint density at radius 3 is 1.93 bits per heavy atom. The topological polar surface area (TPSA) is 95.4 Å². The fourth-order valence-corrected chi connectivity index (χ4v) is 0.829. The molecule has 0 aromatic heterocycles. The smallest absolute Gasteiger partial charge is 0.326 e. The highest BCUT2D eigenvalue weighted by molar-refractivity contribution is 5.87. The molecule has 1 atom stereocenters. The Balaban J connectivity index is 4.44. The second-order valence-corrected chi connectivity index (χ2v) is 4.56. The van der Waals surface area contributed by atoms with E-state index in [-0.39, 0.29) is 6.42 Å². The number of hydrogen-bond donors (Lipinski definition) is 2. The second-order valence-electron chi connectivity index (χ2n) is 4.56. The van der Waals surface area contributed by atoms with Gasteiger partial charge in [0.1, 0.15) is 11.1 Å². The van der Waals surface area contributed by atoms with Gasteiger partial charge in [-0.05, 0) is 27.7 Å². The van der Waals surface area contributed by atoms with Crippen molar-refractivity contribution < 1.29 is 14.3 Å². The molecular formula is C9H18N2O3. The first kappa shape index (κ1) is 12.9. The van der Waals surface area contributed by atoms with E-state index in [9.17, 15) is 9.59 Å². The van der Waals surface area contributed by atoms with E-state index in [2.05, 4.69) is 0 Å². The average molecular weight is 202 g/mol. The van der Waals surface area contributed by atoms with E-state index in [0.717, 1.165) is 0 Å². The number of amides is 1. The van der Waals surface area contributed by atoms with Crippen LogP contribution in [-0.2, 0) is 14.3 Å².